The van der Waals surface area contributed by atoms with Gasteiger partial charge in [0.1, 0.15) is 5.03 Å². The molecule has 2 rings (SSSR count). The highest BCUT2D eigenvalue weighted by atomic mass is 35.5. The van der Waals surface area contributed by atoms with Gasteiger partial charge in [0.15, 0.2) is 0 Å². The summed E-state index contributed by atoms with van der Waals surface area (Å²) in [6, 6.07) is 9.49. The van der Waals surface area contributed by atoms with E-state index in [2.05, 4.69) is 10.3 Å². The predicted molar refractivity (Wildman–Crippen MR) is 88.4 cm³/mol. The molecule has 1 heterocycles. The van der Waals surface area contributed by atoms with Crippen LogP contribution in [0.3, 0.4) is 0 Å². The fourth-order valence-electron chi connectivity index (χ4n) is 1.74. The Balaban J connectivity index is 2.15. The average molecular weight is 343 g/mol. The molecule has 0 spiro atoms. The van der Waals surface area contributed by atoms with Gasteiger partial charge in [-0.15, -0.1) is 0 Å². The lowest BCUT2D eigenvalue weighted by atomic mass is 10.2. The summed E-state index contributed by atoms with van der Waals surface area (Å²) in [7, 11) is 1.68. The van der Waals surface area contributed by atoms with Gasteiger partial charge in [0.25, 0.3) is 0 Å². The van der Waals surface area contributed by atoms with Crippen molar-refractivity contribution in [1.82, 2.24) is 10.3 Å². The minimum atomic E-state index is 0.640. The van der Waals surface area contributed by atoms with Crippen LogP contribution in [-0.2, 0) is 11.3 Å². The van der Waals surface area contributed by atoms with E-state index in [9.17, 15) is 0 Å². The van der Waals surface area contributed by atoms with Gasteiger partial charge in [-0.2, -0.15) is 0 Å². The van der Waals surface area contributed by atoms with Crippen LogP contribution < -0.4 is 5.32 Å². The molecule has 0 bridgehead atoms. The minimum Gasteiger partial charge on any atom is -0.383 e. The first-order chi connectivity index (χ1) is 10.2. The van der Waals surface area contributed by atoms with E-state index in [0.717, 1.165) is 27.1 Å². The number of halogens is 2. The van der Waals surface area contributed by atoms with Crippen LogP contribution in [0.5, 0.6) is 0 Å². The van der Waals surface area contributed by atoms with E-state index in [1.54, 1.807) is 13.3 Å². The maximum absolute atomic E-state index is 6.31. The van der Waals surface area contributed by atoms with Crippen molar-refractivity contribution in [2.24, 2.45) is 0 Å². The molecule has 112 valence electrons. The van der Waals surface area contributed by atoms with Gasteiger partial charge in [0, 0.05) is 36.3 Å². The number of methoxy groups -OCH3 is 1. The van der Waals surface area contributed by atoms with Crippen LogP contribution in [0.25, 0.3) is 0 Å². The molecule has 0 aliphatic heterocycles. The lowest BCUT2D eigenvalue weighted by molar-refractivity contribution is 0.199. The summed E-state index contributed by atoms with van der Waals surface area (Å²) in [6.45, 7) is 2.12. The number of hydrogen-bond donors (Lipinski definition) is 1. The van der Waals surface area contributed by atoms with Gasteiger partial charge in [-0.25, -0.2) is 4.98 Å². The van der Waals surface area contributed by atoms with E-state index in [1.807, 2.05) is 30.3 Å². The minimum absolute atomic E-state index is 0.640. The summed E-state index contributed by atoms with van der Waals surface area (Å²) >= 11 is 14.0. The number of benzene rings is 1. The second kappa shape index (κ2) is 8.61. The van der Waals surface area contributed by atoms with Gasteiger partial charge in [0.05, 0.1) is 11.6 Å². The normalized spacial score (nSPS) is 10.8. The molecule has 0 fully saturated rings. The topological polar surface area (TPSA) is 34.1 Å². The summed E-state index contributed by atoms with van der Waals surface area (Å²) in [5.41, 5.74) is 1.04. The molecule has 6 heteroatoms. The maximum Gasteiger partial charge on any atom is 0.119 e. The molecular weight excluding hydrogens is 327 g/mol. The Labute approximate surface area is 139 Å². The summed E-state index contributed by atoms with van der Waals surface area (Å²) in [5.74, 6) is 0. The SMILES string of the molecule is COCCNCc1c(Cl)cccc1Sc1ncccc1Cl. The fraction of sp³-hybridized carbons (Fsp3) is 0.267. The van der Waals surface area contributed by atoms with Gasteiger partial charge >= 0.3 is 0 Å². The molecule has 0 saturated carbocycles. The van der Waals surface area contributed by atoms with Crippen molar-refractivity contribution in [3.8, 4) is 0 Å². The van der Waals surface area contributed by atoms with Crippen molar-refractivity contribution in [3.63, 3.8) is 0 Å². The zero-order valence-corrected chi connectivity index (χ0v) is 13.9. The van der Waals surface area contributed by atoms with Crippen molar-refractivity contribution >= 4 is 35.0 Å². The second-order valence-electron chi connectivity index (χ2n) is 4.28. The standard InChI is InChI=1S/C15H16Cl2N2OS/c1-20-9-8-18-10-11-12(16)4-2-6-14(11)21-15-13(17)5-3-7-19-15/h2-7,18H,8-10H2,1H3. The van der Waals surface area contributed by atoms with Crippen molar-refractivity contribution in [3.05, 3.63) is 52.1 Å². The van der Waals surface area contributed by atoms with Crippen LogP contribution in [0.4, 0.5) is 0 Å². The highest BCUT2D eigenvalue weighted by Gasteiger charge is 2.10. The summed E-state index contributed by atoms with van der Waals surface area (Å²) < 4.78 is 5.02. The van der Waals surface area contributed by atoms with Gasteiger partial charge in [-0.3, -0.25) is 0 Å². The smallest absolute Gasteiger partial charge is 0.119 e. The Kier molecular flexibility index (Phi) is 6.80. The predicted octanol–water partition coefficient (Wildman–Crippen LogP) is 4.28. The van der Waals surface area contributed by atoms with Crippen molar-refractivity contribution in [2.75, 3.05) is 20.3 Å². The number of aromatic nitrogens is 1. The van der Waals surface area contributed by atoms with Crippen LogP contribution in [-0.4, -0.2) is 25.2 Å². The zero-order valence-electron chi connectivity index (χ0n) is 11.6. The monoisotopic (exact) mass is 342 g/mol. The molecule has 0 aliphatic carbocycles. The molecule has 0 unspecified atom stereocenters. The zero-order chi connectivity index (χ0) is 15.1. The first-order valence-corrected chi connectivity index (χ1v) is 8.05. The number of ether oxygens (including phenoxy) is 1. The van der Waals surface area contributed by atoms with Crippen molar-refractivity contribution < 1.29 is 4.74 Å². The third-order valence-electron chi connectivity index (χ3n) is 2.79. The van der Waals surface area contributed by atoms with Crippen LogP contribution >= 0.6 is 35.0 Å². The Morgan fingerprint density at radius 3 is 2.76 bits per heavy atom. The Bertz CT molecular complexity index is 596. The van der Waals surface area contributed by atoms with Crippen molar-refractivity contribution in [2.45, 2.75) is 16.5 Å². The summed E-state index contributed by atoms with van der Waals surface area (Å²) in [5, 5.41) is 5.46. The lowest BCUT2D eigenvalue weighted by Crippen LogP contribution is -2.19. The third-order valence-corrected chi connectivity index (χ3v) is 4.68. The number of rotatable bonds is 7. The van der Waals surface area contributed by atoms with E-state index in [1.165, 1.54) is 11.8 Å². The second-order valence-corrected chi connectivity index (χ2v) is 6.12. The van der Waals surface area contributed by atoms with Crippen LogP contribution in [0.15, 0.2) is 46.5 Å². The Morgan fingerprint density at radius 2 is 2.00 bits per heavy atom. The van der Waals surface area contributed by atoms with Gasteiger partial charge in [-0.05, 0) is 29.8 Å². The maximum atomic E-state index is 6.31. The number of nitrogens with one attached hydrogen (secondary N) is 1. The van der Waals surface area contributed by atoms with Gasteiger partial charge in [0.2, 0.25) is 0 Å². The van der Waals surface area contributed by atoms with Crippen molar-refractivity contribution in [1.29, 1.82) is 0 Å². The molecular formula is C15H16Cl2N2OS. The molecule has 21 heavy (non-hydrogen) atoms. The lowest BCUT2D eigenvalue weighted by Gasteiger charge is -2.12. The largest absolute Gasteiger partial charge is 0.383 e. The fourth-order valence-corrected chi connectivity index (χ4v) is 3.22. The van der Waals surface area contributed by atoms with E-state index in [0.29, 0.717) is 18.2 Å². The number of nitrogens with zero attached hydrogens (tertiary/aromatic N) is 1. The Hall–Kier alpha value is -0.780. The highest BCUT2D eigenvalue weighted by Crippen LogP contribution is 2.35. The molecule has 0 atom stereocenters. The molecule has 1 aromatic heterocycles. The molecule has 0 aliphatic rings. The Morgan fingerprint density at radius 1 is 1.19 bits per heavy atom. The van der Waals surface area contributed by atoms with Crippen LogP contribution in [0, 0.1) is 0 Å². The van der Waals surface area contributed by atoms with Crippen LogP contribution in [0.1, 0.15) is 5.56 Å². The third kappa shape index (κ3) is 4.87. The molecule has 0 radical (unpaired) electrons. The quantitative estimate of drug-likeness (QED) is 0.761. The molecule has 1 aromatic carbocycles. The molecule has 0 saturated heterocycles. The van der Waals surface area contributed by atoms with E-state index in [-0.39, 0.29) is 0 Å². The first-order valence-electron chi connectivity index (χ1n) is 6.47. The summed E-state index contributed by atoms with van der Waals surface area (Å²) in [4.78, 5) is 5.35. The summed E-state index contributed by atoms with van der Waals surface area (Å²) in [6.07, 6.45) is 1.73. The van der Waals surface area contributed by atoms with E-state index < -0.39 is 0 Å². The number of hydrogen-bond acceptors (Lipinski definition) is 4. The molecule has 2 aromatic rings. The number of pyridine rings is 1. The average Bonchev–Trinajstić information content (AvgIpc) is 2.48. The van der Waals surface area contributed by atoms with Gasteiger partial charge < -0.3 is 10.1 Å². The molecule has 0 amide bonds. The first kappa shape index (κ1) is 16.6. The molecule has 3 nitrogen and oxygen atoms in total. The van der Waals surface area contributed by atoms with E-state index in [4.69, 9.17) is 27.9 Å². The van der Waals surface area contributed by atoms with E-state index >= 15 is 0 Å². The highest BCUT2D eigenvalue weighted by molar-refractivity contribution is 7.99. The van der Waals surface area contributed by atoms with Crippen LogP contribution in [0.2, 0.25) is 10.0 Å². The molecule has 1 N–H and O–H groups in total. The van der Waals surface area contributed by atoms with Gasteiger partial charge in [-0.1, -0.05) is 41.0 Å².